The van der Waals surface area contributed by atoms with E-state index in [1.165, 1.54) is 0 Å². The van der Waals surface area contributed by atoms with Gasteiger partial charge in [-0.05, 0) is 41.4 Å². The van der Waals surface area contributed by atoms with Crippen molar-refractivity contribution in [1.29, 1.82) is 0 Å². The molecule has 2 atom stereocenters. The van der Waals surface area contributed by atoms with Crippen LogP contribution in [0.1, 0.15) is 51.0 Å². The number of hydrogen-bond acceptors (Lipinski definition) is 3. The number of carbonyl (C=O) groups excluding carboxylic acids is 1. The molecule has 3 rings (SSSR count). The lowest BCUT2D eigenvalue weighted by Gasteiger charge is -2.31. The standard InChI is InChI=1S/C20H26O3/c1-19(2)16-10-11-20(19,3)17(21)15(16)12-13-6-8-14(9-7-13)18(22-4)23-5/h6-9,12,16,18H,10-11H2,1-5H3. The molecule has 124 valence electrons. The number of Topliss-reactive ketones (excluding diaryl/α,β-unsaturated/α-hetero) is 1. The highest BCUT2D eigenvalue weighted by atomic mass is 16.7. The van der Waals surface area contributed by atoms with Gasteiger partial charge in [0.15, 0.2) is 12.1 Å². The van der Waals surface area contributed by atoms with Gasteiger partial charge in [0.05, 0.1) is 0 Å². The highest BCUT2D eigenvalue weighted by Gasteiger charge is 2.63. The summed E-state index contributed by atoms with van der Waals surface area (Å²) in [4.78, 5) is 12.9. The molecule has 2 saturated carbocycles. The van der Waals surface area contributed by atoms with E-state index in [2.05, 4.69) is 26.8 Å². The fourth-order valence-electron chi connectivity index (χ4n) is 4.39. The SMILES string of the molecule is COC(OC)c1ccc(C=C2C(=O)C3(C)CCC2C3(C)C)cc1. The van der Waals surface area contributed by atoms with Gasteiger partial charge in [0.2, 0.25) is 0 Å². The molecule has 2 aliphatic rings. The molecule has 2 bridgehead atoms. The van der Waals surface area contributed by atoms with Crippen LogP contribution in [0.25, 0.3) is 6.08 Å². The third-order valence-corrected chi connectivity index (χ3v) is 6.32. The van der Waals surface area contributed by atoms with Crippen LogP contribution in [0.15, 0.2) is 29.8 Å². The summed E-state index contributed by atoms with van der Waals surface area (Å²) in [6, 6.07) is 8.05. The van der Waals surface area contributed by atoms with Gasteiger partial charge in [0.25, 0.3) is 0 Å². The summed E-state index contributed by atoms with van der Waals surface area (Å²) in [6.45, 7) is 6.63. The maximum absolute atomic E-state index is 12.9. The number of methoxy groups -OCH3 is 2. The third-order valence-electron chi connectivity index (χ3n) is 6.32. The van der Waals surface area contributed by atoms with Gasteiger partial charge in [-0.3, -0.25) is 4.79 Å². The second kappa shape index (κ2) is 5.57. The van der Waals surface area contributed by atoms with Crippen LogP contribution >= 0.6 is 0 Å². The number of ether oxygens (including phenoxy) is 2. The number of rotatable bonds is 4. The first-order chi connectivity index (χ1) is 10.8. The Morgan fingerprint density at radius 3 is 2.22 bits per heavy atom. The Bertz CT molecular complexity index is 637. The van der Waals surface area contributed by atoms with Crippen molar-refractivity contribution < 1.29 is 14.3 Å². The van der Waals surface area contributed by atoms with Gasteiger partial charge in [0.1, 0.15) is 0 Å². The summed E-state index contributed by atoms with van der Waals surface area (Å²) >= 11 is 0. The second-order valence-corrected chi connectivity index (χ2v) is 7.54. The molecule has 0 saturated heterocycles. The van der Waals surface area contributed by atoms with E-state index in [9.17, 15) is 4.79 Å². The van der Waals surface area contributed by atoms with Crippen molar-refractivity contribution in [3.05, 3.63) is 41.0 Å². The van der Waals surface area contributed by atoms with Gasteiger partial charge in [-0.1, -0.05) is 45.0 Å². The van der Waals surface area contributed by atoms with Crippen LogP contribution in [0, 0.1) is 16.7 Å². The van der Waals surface area contributed by atoms with Gasteiger partial charge in [-0.15, -0.1) is 0 Å². The minimum Gasteiger partial charge on any atom is -0.352 e. The van der Waals surface area contributed by atoms with Crippen molar-refractivity contribution in [2.24, 2.45) is 16.7 Å². The molecule has 0 heterocycles. The first-order valence-electron chi connectivity index (χ1n) is 8.27. The van der Waals surface area contributed by atoms with E-state index in [-0.39, 0.29) is 17.1 Å². The first kappa shape index (κ1) is 16.4. The topological polar surface area (TPSA) is 35.5 Å². The number of fused-ring (bicyclic) bond motifs is 2. The Morgan fingerprint density at radius 2 is 1.74 bits per heavy atom. The van der Waals surface area contributed by atoms with E-state index < -0.39 is 0 Å². The van der Waals surface area contributed by atoms with E-state index in [1.807, 2.05) is 24.3 Å². The van der Waals surface area contributed by atoms with Crippen molar-refractivity contribution in [3.63, 3.8) is 0 Å². The lowest BCUT2D eigenvalue weighted by atomic mass is 9.70. The number of hydrogen-bond donors (Lipinski definition) is 0. The molecule has 1 aromatic carbocycles. The molecule has 0 aliphatic heterocycles. The fraction of sp³-hybridized carbons (Fsp3) is 0.550. The highest BCUT2D eigenvalue weighted by Crippen LogP contribution is 2.65. The molecule has 2 unspecified atom stereocenters. The summed E-state index contributed by atoms with van der Waals surface area (Å²) in [7, 11) is 3.25. The number of allylic oxidation sites excluding steroid dienone is 1. The molecule has 23 heavy (non-hydrogen) atoms. The molecule has 0 spiro atoms. The van der Waals surface area contributed by atoms with Crippen LogP contribution in [0.4, 0.5) is 0 Å². The van der Waals surface area contributed by atoms with Gasteiger partial charge in [-0.2, -0.15) is 0 Å². The molecule has 1 aromatic rings. The highest BCUT2D eigenvalue weighted by molar-refractivity contribution is 6.07. The molecular formula is C20H26O3. The largest absolute Gasteiger partial charge is 0.352 e. The summed E-state index contributed by atoms with van der Waals surface area (Å²) in [5.74, 6) is 0.722. The van der Waals surface area contributed by atoms with Gasteiger partial charge < -0.3 is 9.47 Å². The number of benzene rings is 1. The zero-order chi connectivity index (χ0) is 16.8. The Morgan fingerprint density at radius 1 is 1.13 bits per heavy atom. The minimum absolute atomic E-state index is 0.0626. The van der Waals surface area contributed by atoms with Gasteiger partial charge in [-0.25, -0.2) is 0 Å². The molecule has 0 radical (unpaired) electrons. The normalized spacial score (nSPS) is 30.6. The Labute approximate surface area is 138 Å². The van der Waals surface area contributed by atoms with Crippen LogP contribution in [0.2, 0.25) is 0 Å². The van der Waals surface area contributed by atoms with E-state index in [0.29, 0.717) is 11.7 Å². The molecule has 0 N–H and O–H groups in total. The monoisotopic (exact) mass is 314 g/mol. The summed E-state index contributed by atoms with van der Waals surface area (Å²) in [5, 5.41) is 0. The number of carbonyl (C=O) groups is 1. The van der Waals surface area contributed by atoms with E-state index in [1.54, 1.807) is 14.2 Å². The van der Waals surface area contributed by atoms with E-state index in [0.717, 1.165) is 29.5 Å². The molecule has 0 aromatic heterocycles. The Kier molecular flexibility index (Phi) is 3.97. The fourth-order valence-corrected chi connectivity index (χ4v) is 4.39. The van der Waals surface area contributed by atoms with Crippen LogP contribution in [0.5, 0.6) is 0 Å². The average molecular weight is 314 g/mol. The van der Waals surface area contributed by atoms with Crippen LogP contribution < -0.4 is 0 Å². The summed E-state index contributed by atoms with van der Waals surface area (Å²) in [5.41, 5.74) is 2.92. The van der Waals surface area contributed by atoms with Crippen LogP contribution in [-0.2, 0) is 14.3 Å². The zero-order valence-corrected chi connectivity index (χ0v) is 14.7. The predicted octanol–water partition coefficient (Wildman–Crippen LogP) is 4.39. The molecule has 3 heteroatoms. The second-order valence-electron chi connectivity index (χ2n) is 7.54. The Hall–Kier alpha value is -1.45. The summed E-state index contributed by atoms with van der Waals surface area (Å²) < 4.78 is 10.5. The lowest BCUT2D eigenvalue weighted by molar-refractivity contribution is -0.125. The number of ketones is 1. The maximum Gasteiger partial charge on any atom is 0.183 e. The molecule has 3 nitrogen and oxygen atoms in total. The van der Waals surface area contributed by atoms with Crippen molar-refractivity contribution in [2.45, 2.75) is 39.9 Å². The Balaban J connectivity index is 1.90. The summed E-state index contributed by atoms with van der Waals surface area (Å²) in [6.07, 6.45) is 3.87. The minimum atomic E-state index is -0.348. The van der Waals surface area contributed by atoms with Gasteiger partial charge in [0, 0.05) is 25.2 Å². The maximum atomic E-state index is 12.9. The quantitative estimate of drug-likeness (QED) is 0.611. The van der Waals surface area contributed by atoms with Crippen molar-refractivity contribution in [3.8, 4) is 0 Å². The van der Waals surface area contributed by atoms with E-state index >= 15 is 0 Å². The van der Waals surface area contributed by atoms with Crippen molar-refractivity contribution in [1.82, 2.24) is 0 Å². The molecule has 2 fully saturated rings. The smallest absolute Gasteiger partial charge is 0.183 e. The molecule has 2 aliphatic carbocycles. The van der Waals surface area contributed by atoms with Crippen molar-refractivity contribution >= 4 is 11.9 Å². The van der Waals surface area contributed by atoms with Gasteiger partial charge >= 0.3 is 0 Å². The molecule has 0 amide bonds. The first-order valence-corrected chi connectivity index (χ1v) is 8.27. The third kappa shape index (κ3) is 2.29. The van der Waals surface area contributed by atoms with Crippen LogP contribution in [-0.4, -0.2) is 20.0 Å². The van der Waals surface area contributed by atoms with Crippen LogP contribution in [0.3, 0.4) is 0 Å². The zero-order valence-electron chi connectivity index (χ0n) is 14.7. The predicted molar refractivity (Wildman–Crippen MR) is 90.8 cm³/mol. The molecular weight excluding hydrogens is 288 g/mol. The average Bonchev–Trinajstić information content (AvgIpc) is 2.84. The lowest BCUT2D eigenvalue weighted by Crippen LogP contribution is -2.32. The van der Waals surface area contributed by atoms with Crippen molar-refractivity contribution in [2.75, 3.05) is 14.2 Å². The van der Waals surface area contributed by atoms with E-state index in [4.69, 9.17) is 9.47 Å².